The standard InChI is InChI=1S/C16H16N2O4/c1-21-12-6-3-5-11(9-12)10-17-15(19)13-7-4-8-14(18-13)16(20)22-2/h3-9H,10H2,1-2H3,(H,17,19). The van der Waals surface area contributed by atoms with Crippen molar-refractivity contribution in [3.05, 3.63) is 59.4 Å². The number of ether oxygens (including phenoxy) is 2. The Morgan fingerprint density at radius 2 is 1.82 bits per heavy atom. The van der Waals surface area contributed by atoms with Gasteiger partial charge in [-0.25, -0.2) is 9.78 Å². The van der Waals surface area contributed by atoms with Gasteiger partial charge >= 0.3 is 5.97 Å². The zero-order valence-corrected chi connectivity index (χ0v) is 12.3. The van der Waals surface area contributed by atoms with Crippen molar-refractivity contribution < 1.29 is 19.1 Å². The van der Waals surface area contributed by atoms with Gasteiger partial charge in [0.1, 0.15) is 17.1 Å². The maximum absolute atomic E-state index is 12.1. The third-order valence-electron chi connectivity index (χ3n) is 2.96. The van der Waals surface area contributed by atoms with E-state index in [4.69, 9.17) is 4.74 Å². The van der Waals surface area contributed by atoms with E-state index in [0.717, 1.165) is 11.3 Å². The number of carbonyl (C=O) groups excluding carboxylic acids is 2. The van der Waals surface area contributed by atoms with Gasteiger partial charge in [-0.2, -0.15) is 0 Å². The van der Waals surface area contributed by atoms with Crippen molar-refractivity contribution in [3.63, 3.8) is 0 Å². The molecular weight excluding hydrogens is 284 g/mol. The lowest BCUT2D eigenvalue weighted by molar-refractivity contribution is 0.0594. The molecule has 1 aromatic carbocycles. The fourth-order valence-electron chi connectivity index (χ4n) is 1.83. The smallest absolute Gasteiger partial charge is 0.356 e. The lowest BCUT2D eigenvalue weighted by atomic mass is 10.2. The predicted octanol–water partition coefficient (Wildman–Crippen LogP) is 1.81. The summed E-state index contributed by atoms with van der Waals surface area (Å²) in [5, 5.41) is 2.74. The van der Waals surface area contributed by atoms with Gasteiger partial charge < -0.3 is 14.8 Å². The normalized spacial score (nSPS) is 9.91. The van der Waals surface area contributed by atoms with E-state index in [9.17, 15) is 9.59 Å². The highest BCUT2D eigenvalue weighted by molar-refractivity contribution is 5.94. The SMILES string of the molecule is COC(=O)c1cccc(C(=O)NCc2cccc(OC)c2)n1. The van der Waals surface area contributed by atoms with E-state index in [0.29, 0.717) is 6.54 Å². The van der Waals surface area contributed by atoms with Gasteiger partial charge in [0.25, 0.3) is 5.91 Å². The Labute approximate surface area is 128 Å². The first kappa shape index (κ1) is 15.5. The quantitative estimate of drug-likeness (QED) is 0.852. The van der Waals surface area contributed by atoms with Crippen LogP contribution in [0.3, 0.4) is 0 Å². The first-order valence-electron chi connectivity index (χ1n) is 6.60. The third-order valence-corrected chi connectivity index (χ3v) is 2.96. The summed E-state index contributed by atoms with van der Waals surface area (Å²) >= 11 is 0. The van der Waals surface area contributed by atoms with Gasteiger partial charge in [0, 0.05) is 6.54 Å². The number of aromatic nitrogens is 1. The summed E-state index contributed by atoms with van der Waals surface area (Å²) in [5.41, 5.74) is 1.15. The number of hydrogen-bond acceptors (Lipinski definition) is 5. The minimum Gasteiger partial charge on any atom is -0.497 e. The molecule has 1 aromatic heterocycles. The number of nitrogens with zero attached hydrogens (tertiary/aromatic N) is 1. The van der Waals surface area contributed by atoms with Crippen molar-refractivity contribution in [2.24, 2.45) is 0 Å². The fourth-order valence-corrected chi connectivity index (χ4v) is 1.83. The summed E-state index contributed by atoms with van der Waals surface area (Å²) in [7, 11) is 2.85. The van der Waals surface area contributed by atoms with Crippen molar-refractivity contribution in [1.29, 1.82) is 0 Å². The molecule has 6 heteroatoms. The molecule has 0 atom stereocenters. The highest BCUT2D eigenvalue weighted by atomic mass is 16.5. The molecular formula is C16H16N2O4. The fraction of sp³-hybridized carbons (Fsp3) is 0.188. The monoisotopic (exact) mass is 300 g/mol. The molecule has 6 nitrogen and oxygen atoms in total. The molecule has 2 aromatic rings. The molecule has 1 N–H and O–H groups in total. The van der Waals surface area contributed by atoms with Crippen molar-refractivity contribution in [2.45, 2.75) is 6.54 Å². The Kier molecular flexibility index (Phi) is 5.08. The molecule has 0 aliphatic rings. The van der Waals surface area contributed by atoms with Crippen molar-refractivity contribution in [2.75, 3.05) is 14.2 Å². The molecule has 0 saturated heterocycles. The summed E-state index contributed by atoms with van der Waals surface area (Å²) < 4.78 is 9.70. The second-order valence-corrected chi connectivity index (χ2v) is 4.43. The number of rotatable bonds is 5. The topological polar surface area (TPSA) is 77.5 Å². The number of hydrogen-bond donors (Lipinski definition) is 1. The summed E-state index contributed by atoms with van der Waals surface area (Å²) in [4.78, 5) is 27.5. The number of benzene rings is 1. The Morgan fingerprint density at radius 1 is 1.09 bits per heavy atom. The molecule has 0 saturated carbocycles. The highest BCUT2D eigenvalue weighted by Crippen LogP contribution is 2.12. The predicted molar refractivity (Wildman–Crippen MR) is 79.7 cm³/mol. The van der Waals surface area contributed by atoms with E-state index in [1.54, 1.807) is 13.2 Å². The van der Waals surface area contributed by atoms with Gasteiger partial charge in [-0.1, -0.05) is 18.2 Å². The third kappa shape index (κ3) is 3.82. The van der Waals surface area contributed by atoms with E-state index in [1.165, 1.54) is 19.2 Å². The summed E-state index contributed by atoms with van der Waals surface area (Å²) in [6.45, 7) is 0.333. The number of esters is 1. The number of pyridine rings is 1. The second kappa shape index (κ2) is 7.21. The van der Waals surface area contributed by atoms with Crippen LogP contribution in [0.4, 0.5) is 0 Å². The zero-order valence-electron chi connectivity index (χ0n) is 12.3. The van der Waals surface area contributed by atoms with Crippen LogP contribution in [-0.2, 0) is 11.3 Å². The Morgan fingerprint density at radius 3 is 2.55 bits per heavy atom. The van der Waals surface area contributed by atoms with E-state index in [-0.39, 0.29) is 17.3 Å². The van der Waals surface area contributed by atoms with Gasteiger partial charge in [0.2, 0.25) is 0 Å². The first-order valence-corrected chi connectivity index (χ1v) is 6.60. The Bertz CT molecular complexity index is 685. The first-order chi connectivity index (χ1) is 10.6. The molecule has 114 valence electrons. The van der Waals surface area contributed by atoms with Crippen molar-refractivity contribution >= 4 is 11.9 Å². The largest absolute Gasteiger partial charge is 0.497 e. The molecule has 0 unspecified atom stereocenters. The van der Waals surface area contributed by atoms with E-state index in [2.05, 4.69) is 15.0 Å². The van der Waals surface area contributed by atoms with Gasteiger partial charge in [0.15, 0.2) is 0 Å². The van der Waals surface area contributed by atoms with E-state index in [1.807, 2.05) is 24.3 Å². The molecule has 0 fully saturated rings. The average molecular weight is 300 g/mol. The molecule has 0 bridgehead atoms. The molecule has 0 aliphatic carbocycles. The highest BCUT2D eigenvalue weighted by Gasteiger charge is 2.12. The van der Waals surface area contributed by atoms with Crippen molar-refractivity contribution in [1.82, 2.24) is 10.3 Å². The van der Waals surface area contributed by atoms with Gasteiger partial charge in [-0.3, -0.25) is 4.79 Å². The van der Waals surface area contributed by atoms with Crippen LogP contribution in [0.1, 0.15) is 26.5 Å². The van der Waals surface area contributed by atoms with E-state index >= 15 is 0 Å². The molecule has 22 heavy (non-hydrogen) atoms. The maximum Gasteiger partial charge on any atom is 0.356 e. The molecule has 1 amide bonds. The number of nitrogens with one attached hydrogen (secondary N) is 1. The minimum absolute atomic E-state index is 0.0940. The number of methoxy groups -OCH3 is 2. The summed E-state index contributed by atoms with van der Waals surface area (Å²) in [6, 6.07) is 12.0. The minimum atomic E-state index is -0.581. The molecule has 0 spiro atoms. The Balaban J connectivity index is 2.04. The molecule has 0 radical (unpaired) electrons. The van der Waals surface area contributed by atoms with Crippen LogP contribution in [0.5, 0.6) is 5.75 Å². The average Bonchev–Trinajstić information content (AvgIpc) is 2.59. The van der Waals surface area contributed by atoms with Crippen LogP contribution in [-0.4, -0.2) is 31.1 Å². The van der Waals surface area contributed by atoms with Crippen LogP contribution in [0.2, 0.25) is 0 Å². The number of carbonyl (C=O) groups is 2. The van der Waals surface area contributed by atoms with Crippen LogP contribution in [0, 0.1) is 0 Å². The lowest BCUT2D eigenvalue weighted by Crippen LogP contribution is -2.24. The van der Waals surface area contributed by atoms with Gasteiger partial charge in [0.05, 0.1) is 14.2 Å². The molecule has 2 rings (SSSR count). The Hall–Kier alpha value is -2.89. The maximum atomic E-state index is 12.1. The van der Waals surface area contributed by atoms with Gasteiger partial charge in [-0.15, -0.1) is 0 Å². The van der Waals surface area contributed by atoms with Crippen LogP contribution in [0.15, 0.2) is 42.5 Å². The zero-order chi connectivity index (χ0) is 15.9. The van der Waals surface area contributed by atoms with Gasteiger partial charge in [-0.05, 0) is 29.8 Å². The summed E-state index contributed by atoms with van der Waals surface area (Å²) in [5.74, 6) is -0.228. The second-order valence-electron chi connectivity index (χ2n) is 4.43. The lowest BCUT2D eigenvalue weighted by Gasteiger charge is -2.07. The number of amides is 1. The van der Waals surface area contributed by atoms with Crippen LogP contribution >= 0.6 is 0 Å². The van der Waals surface area contributed by atoms with E-state index < -0.39 is 5.97 Å². The molecule has 0 aliphatic heterocycles. The molecule has 1 heterocycles. The summed E-state index contributed by atoms with van der Waals surface area (Å²) in [6.07, 6.45) is 0. The van der Waals surface area contributed by atoms with Crippen molar-refractivity contribution in [3.8, 4) is 5.75 Å². The van der Waals surface area contributed by atoms with Crippen LogP contribution in [0.25, 0.3) is 0 Å². The van der Waals surface area contributed by atoms with Crippen LogP contribution < -0.4 is 10.1 Å².